The van der Waals surface area contributed by atoms with Crippen molar-refractivity contribution in [2.75, 3.05) is 0 Å². The molecule has 4 nitrogen and oxygen atoms in total. The number of hydrogen-bond donors (Lipinski definition) is 2. The third kappa shape index (κ3) is 5.66. The largest absolute Gasteiger partial charge is 0.507 e. The summed E-state index contributed by atoms with van der Waals surface area (Å²) in [4.78, 5) is 12.3. The third-order valence-electron chi connectivity index (χ3n) is 4.32. The van der Waals surface area contributed by atoms with Crippen molar-refractivity contribution >= 4 is 60.1 Å². The second kappa shape index (κ2) is 10.2. The highest BCUT2D eigenvalue weighted by atomic mass is 128. The number of hydrogen-bond acceptors (Lipinski definition) is 3. The Labute approximate surface area is 188 Å². The van der Waals surface area contributed by atoms with Gasteiger partial charge in [-0.25, -0.2) is 5.43 Å². The second-order valence-electron chi connectivity index (χ2n) is 7.25. The summed E-state index contributed by atoms with van der Waals surface area (Å²) in [6.45, 7) is 6.38. The van der Waals surface area contributed by atoms with Gasteiger partial charge in [0, 0.05) is 48.4 Å². The van der Waals surface area contributed by atoms with Crippen molar-refractivity contribution in [2.45, 2.75) is 26.2 Å². The smallest absolute Gasteiger partial charge is 0.271 e. The maximum atomic E-state index is 12.3. The number of nitrogens with zero attached hydrogens (tertiary/aromatic N) is 1. The van der Waals surface area contributed by atoms with Gasteiger partial charge in [0.05, 0.1) is 6.21 Å². The molecule has 0 spiro atoms. The zero-order valence-electron chi connectivity index (χ0n) is 15.9. The van der Waals surface area contributed by atoms with Gasteiger partial charge in [0.25, 0.3) is 5.91 Å². The molecule has 0 aliphatic carbocycles. The number of carbonyl (C=O) groups is 1. The van der Waals surface area contributed by atoms with Crippen molar-refractivity contribution in [2.24, 2.45) is 5.10 Å². The van der Waals surface area contributed by atoms with Crippen molar-refractivity contribution in [3.05, 3.63) is 77.4 Å². The van der Waals surface area contributed by atoms with Crippen LogP contribution >= 0.6 is 37.2 Å². The molecule has 2 N–H and O–H groups in total. The van der Waals surface area contributed by atoms with Gasteiger partial charge in [-0.3, -0.25) is 4.79 Å². The Morgan fingerprint density at radius 2 is 1.64 bits per heavy atom. The number of phenols is 1. The number of hydrazone groups is 1. The molecule has 3 aromatic rings. The number of amides is 1. The Hall–Kier alpha value is -1.68. The topological polar surface area (TPSA) is 61.7 Å². The molecule has 0 saturated carbocycles. The van der Waals surface area contributed by atoms with Crippen molar-refractivity contribution < 1.29 is 9.90 Å². The molecule has 0 radical (unpaired) electrons. The minimum atomic E-state index is -0.290. The fraction of sp³-hybridized carbons (Fsp3) is 0.182. The lowest BCUT2D eigenvalue weighted by Gasteiger charge is -2.18. The van der Waals surface area contributed by atoms with Crippen molar-refractivity contribution in [3.63, 3.8) is 0 Å². The van der Waals surface area contributed by atoms with Gasteiger partial charge >= 0.3 is 0 Å². The maximum absolute atomic E-state index is 12.3. The molecule has 0 fully saturated rings. The number of aromatic hydroxyl groups is 1. The first-order valence-electron chi connectivity index (χ1n) is 8.65. The van der Waals surface area contributed by atoms with Gasteiger partial charge in [-0.05, 0) is 39.9 Å². The number of fused-ring (bicyclic) bond motifs is 1. The van der Waals surface area contributed by atoms with Gasteiger partial charge in [0.2, 0.25) is 0 Å². The van der Waals surface area contributed by atoms with E-state index in [1.807, 2.05) is 42.5 Å². The Morgan fingerprint density at radius 3 is 2.29 bits per heavy atom. The van der Waals surface area contributed by atoms with E-state index >= 15 is 0 Å². The highest BCUT2D eigenvalue weighted by Crippen LogP contribution is 2.25. The third-order valence-corrected chi connectivity index (χ3v) is 4.32. The van der Waals surface area contributed by atoms with Crippen LogP contribution in [0.1, 0.15) is 42.3 Å². The predicted molar refractivity (Wildman–Crippen MR) is 134 cm³/mol. The van der Waals surface area contributed by atoms with E-state index in [0.29, 0.717) is 11.1 Å². The quantitative estimate of drug-likeness (QED) is 0.209. The Balaban J connectivity index is 0.00000136. The van der Waals surface area contributed by atoms with Gasteiger partial charge in [0.1, 0.15) is 5.75 Å². The van der Waals surface area contributed by atoms with Gasteiger partial charge < -0.3 is 5.11 Å². The molecule has 0 aromatic heterocycles. The molecule has 1 amide bonds. The molecule has 3 rings (SSSR count). The molecule has 0 aliphatic rings. The summed E-state index contributed by atoms with van der Waals surface area (Å²) >= 11 is 4.24. The fourth-order valence-corrected chi connectivity index (χ4v) is 2.76. The number of nitrogens with one attached hydrogen (secondary N) is 1. The van der Waals surface area contributed by atoms with Crippen LogP contribution in [-0.4, -0.2) is 17.2 Å². The van der Waals surface area contributed by atoms with E-state index in [-0.39, 0.29) is 17.1 Å². The summed E-state index contributed by atoms with van der Waals surface area (Å²) in [6.07, 6.45) is 1.47. The first kappa shape index (κ1) is 22.6. The number of carbonyl (C=O) groups excluding carboxylic acids is 1. The lowest BCUT2D eigenvalue weighted by molar-refractivity contribution is 0.0955. The first-order valence-corrected chi connectivity index (χ1v) is 14.9. The Morgan fingerprint density at radius 1 is 1.00 bits per heavy atom. The molecule has 6 heteroatoms. The van der Waals surface area contributed by atoms with Crippen molar-refractivity contribution in [3.8, 4) is 5.75 Å². The van der Waals surface area contributed by atoms with E-state index in [1.54, 1.807) is 18.2 Å². The van der Waals surface area contributed by atoms with E-state index in [4.69, 9.17) is 0 Å². The van der Waals surface area contributed by atoms with Gasteiger partial charge in [0.15, 0.2) is 0 Å². The minimum Gasteiger partial charge on any atom is -0.507 e. The summed E-state index contributed by atoms with van der Waals surface area (Å²) in [5.74, 6) is -0.169. The summed E-state index contributed by atoms with van der Waals surface area (Å²) in [7, 11) is 0. The number of rotatable bonds is 3. The molecule has 28 heavy (non-hydrogen) atoms. The molecule has 0 aliphatic heterocycles. The summed E-state index contributed by atoms with van der Waals surface area (Å²) < 4.78 is 0. The highest BCUT2D eigenvalue weighted by Gasteiger charge is 2.14. The normalized spacial score (nSPS) is 11.2. The minimum absolute atomic E-state index is 0.0407. The lowest BCUT2D eigenvalue weighted by Crippen LogP contribution is -2.18. The summed E-state index contributed by atoms with van der Waals surface area (Å²) in [5, 5.41) is 16.0. The molecule has 0 heterocycles. The van der Waals surface area contributed by atoms with Crippen molar-refractivity contribution in [1.82, 2.24) is 5.43 Å². The van der Waals surface area contributed by atoms with Crippen LogP contribution in [0.5, 0.6) is 5.75 Å². The van der Waals surface area contributed by atoms with E-state index in [2.05, 4.69) is 68.5 Å². The Kier molecular flexibility index (Phi) is 8.23. The molecule has 0 saturated heterocycles. The molecule has 0 unspecified atom stereocenters. The van der Waals surface area contributed by atoms with Crippen LogP contribution in [0.3, 0.4) is 0 Å². The van der Waals surface area contributed by atoms with E-state index < -0.39 is 0 Å². The number of phenolic OH excluding ortho intramolecular Hbond substituents is 1. The van der Waals surface area contributed by atoms with Crippen LogP contribution in [-0.2, 0) is 5.41 Å². The first-order chi connectivity index (χ1) is 13.4. The average Bonchev–Trinajstić information content (AvgIpc) is 2.70. The SMILES string of the molecule is CC(C)(C)c1ccc(C(=O)N/N=C/c2c(O)ccc3ccccc23)cc1.II. The van der Waals surface area contributed by atoms with Crippen LogP contribution < -0.4 is 5.43 Å². The molecular formula is C22H22I2N2O2. The monoisotopic (exact) mass is 600 g/mol. The molecule has 0 atom stereocenters. The van der Waals surface area contributed by atoms with Crippen LogP contribution in [0.25, 0.3) is 10.8 Å². The summed E-state index contributed by atoms with van der Waals surface area (Å²) in [6, 6.07) is 18.7. The standard InChI is InChI=1S/C22H22N2O2.I2/c1-22(2,3)17-11-8-16(9-12-17)21(26)24-23-14-19-18-7-5-4-6-15(18)10-13-20(19)25;1-2/h4-14,25H,1-3H3,(H,24,26);/b23-14+;. The summed E-state index contributed by atoms with van der Waals surface area (Å²) in [5.41, 5.74) is 4.84. The molecule has 146 valence electrons. The average molecular weight is 600 g/mol. The van der Waals surface area contributed by atoms with Crippen molar-refractivity contribution in [1.29, 1.82) is 0 Å². The molecule has 3 aromatic carbocycles. The fourth-order valence-electron chi connectivity index (χ4n) is 2.76. The van der Waals surface area contributed by atoms with E-state index in [9.17, 15) is 9.90 Å². The van der Waals surface area contributed by atoms with E-state index in [0.717, 1.165) is 10.8 Å². The number of benzene rings is 3. The zero-order valence-corrected chi connectivity index (χ0v) is 20.2. The van der Waals surface area contributed by atoms with Crippen LogP contribution in [0.15, 0.2) is 65.8 Å². The molecule has 0 bridgehead atoms. The zero-order chi connectivity index (χ0) is 20.7. The number of halogens is 2. The van der Waals surface area contributed by atoms with Crippen LogP contribution in [0.2, 0.25) is 0 Å². The van der Waals surface area contributed by atoms with Gasteiger partial charge in [-0.2, -0.15) is 5.10 Å². The second-order valence-corrected chi connectivity index (χ2v) is 7.25. The van der Waals surface area contributed by atoms with Gasteiger partial charge in [-0.1, -0.05) is 63.2 Å². The van der Waals surface area contributed by atoms with E-state index in [1.165, 1.54) is 11.8 Å². The lowest BCUT2D eigenvalue weighted by atomic mass is 9.87. The van der Waals surface area contributed by atoms with Crippen LogP contribution in [0.4, 0.5) is 0 Å². The van der Waals surface area contributed by atoms with Gasteiger partial charge in [-0.15, -0.1) is 0 Å². The Bertz CT molecular complexity index is 978. The predicted octanol–water partition coefficient (Wildman–Crippen LogP) is 6.38. The highest BCUT2D eigenvalue weighted by molar-refractivity contribution is 15.0. The van der Waals surface area contributed by atoms with Crippen LogP contribution in [0, 0.1) is 0 Å². The molecular weight excluding hydrogens is 578 g/mol. The maximum Gasteiger partial charge on any atom is 0.271 e.